The van der Waals surface area contributed by atoms with E-state index in [4.69, 9.17) is 11.6 Å². The monoisotopic (exact) mass is 298 g/mol. The number of fused-ring (bicyclic) bond motifs is 1. The molecule has 0 bridgehead atoms. The third-order valence-corrected chi connectivity index (χ3v) is 3.60. The summed E-state index contributed by atoms with van der Waals surface area (Å²) in [4.78, 5) is 12.0. The van der Waals surface area contributed by atoms with Crippen LogP contribution in [0.25, 0.3) is 5.57 Å². The number of hydrogen-bond acceptors (Lipinski definition) is 2. The molecule has 0 unspecified atom stereocenters. The third-order valence-electron chi connectivity index (χ3n) is 3.37. The molecule has 2 N–H and O–H groups in total. The summed E-state index contributed by atoms with van der Waals surface area (Å²) >= 11 is 6.01. The normalized spacial score (nSPS) is 15.0. The molecule has 0 aliphatic carbocycles. The molecule has 1 aliphatic rings. The number of rotatable bonds is 2. The molecule has 1 heterocycles. The van der Waals surface area contributed by atoms with Gasteiger partial charge in [-0.05, 0) is 55.3 Å². The Balaban J connectivity index is 1.93. The zero-order valence-electron chi connectivity index (χ0n) is 11.8. The molecule has 3 nitrogen and oxygen atoms in total. The first-order valence-electron chi connectivity index (χ1n) is 6.69. The van der Waals surface area contributed by atoms with Crippen molar-refractivity contribution in [1.29, 1.82) is 0 Å². The van der Waals surface area contributed by atoms with Crippen LogP contribution < -0.4 is 10.6 Å². The van der Waals surface area contributed by atoms with Crippen LogP contribution in [0.1, 0.15) is 16.7 Å². The number of benzene rings is 2. The van der Waals surface area contributed by atoms with Gasteiger partial charge in [0, 0.05) is 28.2 Å². The van der Waals surface area contributed by atoms with Gasteiger partial charge in [0.1, 0.15) is 0 Å². The Morgan fingerprint density at radius 2 is 1.81 bits per heavy atom. The van der Waals surface area contributed by atoms with Gasteiger partial charge in [0.2, 0.25) is 0 Å². The number of nitrogens with one attached hydrogen (secondary N) is 2. The lowest BCUT2D eigenvalue weighted by molar-refractivity contribution is -0.110. The number of amides is 1. The van der Waals surface area contributed by atoms with Crippen molar-refractivity contribution in [2.75, 3.05) is 10.6 Å². The molecule has 3 rings (SSSR count). The summed E-state index contributed by atoms with van der Waals surface area (Å²) in [5.74, 6) is -0.121. The molecule has 0 saturated carbocycles. The SMILES string of the molecule is Cc1cc(C)cc(N/C=C2/C(=O)Nc3ccc(Cl)cc32)c1. The zero-order valence-corrected chi connectivity index (χ0v) is 12.6. The van der Waals surface area contributed by atoms with Crippen molar-refractivity contribution in [2.24, 2.45) is 0 Å². The minimum atomic E-state index is -0.121. The maximum atomic E-state index is 12.0. The van der Waals surface area contributed by atoms with E-state index in [0.29, 0.717) is 10.6 Å². The largest absolute Gasteiger partial charge is 0.361 e. The molecule has 0 aromatic heterocycles. The summed E-state index contributed by atoms with van der Waals surface area (Å²) in [6.45, 7) is 4.09. The molecule has 1 aliphatic heterocycles. The van der Waals surface area contributed by atoms with Crippen molar-refractivity contribution in [1.82, 2.24) is 0 Å². The van der Waals surface area contributed by atoms with E-state index in [-0.39, 0.29) is 5.91 Å². The van der Waals surface area contributed by atoms with Crippen LogP contribution in [0.5, 0.6) is 0 Å². The van der Waals surface area contributed by atoms with Crippen molar-refractivity contribution in [3.63, 3.8) is 0 Å². The van der Waals surface area contributed by atoms with Gasteiger partial charge in [0.15, 0.2) is 0 Å². The van der Waals surface area contributed by atoms with Crippen LogP contribution in [0.3, 0.4) is 0 Å². The molecule has 1 amide bonds. The molecule has 21 heavy (non-hydrogen) atoms. The Morgan fingerprint density at radius 3 is 2.52 bits per heavy atom. The summed E-state index contributed by atoms with van der Waals surface area (Å²) < 4.78 is 0. The topological polar surface area (TPSA) is 41.1 Å². The molecule has 2 aromatic carbocycles. The molecule has 0 saturated heterocycles. The van der Waals surface area contributed by atoms with Crippen LogP contribution in [-0.2, 0) is 4.79 Å². The van der Waals surface area contributed by atoms with E-state index in [2.05, 4.69) is 16.7 Å². The fourth-order valence-electron chi connectivity index (χ4n) is 2.52. The highest BCUT2D eigenvalue weighted by atomic mass is 35.5. The molecule has 2 aromatic rings. The summed E-state index contributed by atoms with van der Waals surface area (Å²) in [5, 5.41) is 6.63. The fraction of sp³-hybridized carbons (Fsp3) is 0.118. The zero-order chi connectivity index (χ0) is 15.0. The molecule has 106 valence electrons. The van der Waals surface area contributed by atoms with Crippen LogP contribution in [0, 0.1) is 13.8 Å². The molecule has 0 radical (unpaired) electrons. The standard InChI is InChI=1S/C17H15ClN2O/c1-10-5-11(2)7-13(6-10)19-9-15-14-8-12(18)3-4-16(14)20-17(15)21/h3-9,19H,1-2H3,(H,20,21)/b15-9+. The van der Waals surface area contributed by atoms with Gasteiger partial charge in [-0.3, -0.25) is 4.79 Å². The van der Waals surface area contributed by atoms with Gasteiger partial charge < -0.3 is 10.6 Å². The predicted molar refractivity (Wildman–Crippen MR) is 87.6 cm³/mol. The number of anilines is 2. The van der Waals surface area contributed by atoms with Crippen LogP contribution in [0.2, 0.25) is 5.02 Å². The lowest BCUT2D eigenvalue weighted by atomic mass is 10.1. The second-order valence-electron chi connectivity index (χ2n) is 5.22. The Labute approximate surface area is 128 Å². The van der Waals surface area contributed by atoms with E-state index in [1.165, 1.54) is 11.1 Å². The van der Waals surface area contributed by atoms with Crippen LogP contribution in [0.4, 0.5) is 11.4 Å². The minimum Gasteiger partial charge on any atom is -0.361 e. The lowest BCUT2D eigenvalue weighted by Gasteiger charge is -2.05. The van der Waals surface area contributed by atoms with Crippen molar-refractivity contribution in [3.8, 4) is 0 Å². The summed E-state index contributed by atoms with van der Waals surface area (Å²) in [5.41, 5.74) is 5.52. The van der Waals surface area contributed by atoms with Gasteiger partial charge in [-0.25, -0.2) is 0 Å². The van der Waals surface area contributed by atoms with Gasteiger partial charge in [0.05, 0.1) is 5.57 Å². The van der Waals surface area contributed by atoms with E-state index < -0.39 is 0 Å². The van der Waals surface area contributed by atoms with E-state index in [9.17, 15) is 4.79 Å². The first kappa shape index (κ1) is 13.7. The Morgan fingerprint density at radius 1 is 1.10 bits per heavy atom. The summed E-state index contributed by atoms with van der Waals surface area (Å²) in [6.07, 6.45) is 1.73. The van der Waals surface area contributed by atoms with E-state index >= 15 is 0 Å². The van der Waals surface area contributed by atoms with Gasteiger partial charge in [0.25, 0.3) is 5.91 Å². The average Bonchev–Trinajstić information content (AvgIpc) is 2.70. The van der Waals surface area contributed by atoms with Crippen molar-refractivity contribution in [2.45, 2.75) is 13.8 Å². The van der Waals surface area contributed by atoms with Gasteiger partial charge >= 0.3 is 0 Å². The average molecular weight is 299 g/mol. The van der Waals surface area contributed by atoms with Gasteiger partial charge in [-0.15, -0.1) is 0 Å². The molecular formula is C17H15ClN2O. The Bertz CT molecular complexity index is 745. The predicted octanol–water partition coefficient (Wildman–Crippen LogP) is 4.36. The Kier molecular flexibility index (Phi) is 3.43. The number of halogens is 1. The van der Waals surface area contributed by atoms with E-state index in [1.54, 1.807) is 18.3 Å². The molecule has 0 fully saturated rings. The second-order valence-corrected chi connectivity index (χ2v) is 5.66. The number of hydrogen-bond donors (Lipinski definition) is 2. The van der Waals surface area contributed by atoms with Crippen LogP contribution in [0.15, 0.2) is 42.6 Å². The van der Waals surface area contributed by atoms with Gasteiger partial charge in [-0.2, -0.15) is 0 Å². The first-order chi connectivity index (χ1) is 10.0. The van der Waals surface area contributed by atoms with E-state index in [1.807, 2.05) is 32.0 Å². The maximum absolute atomic E-state index is 12.0. The smallest absolute Gasteiger partial charge is 0.257 e. The highest BCUT2D eigenvalue weighted by molar-refractivity contribution is 6.34. The lowest BCUT2D eigenvalue weighted by Crippen LogP contribution is -2.05. The first-order valence-corrected chi connectivity index (χ1v) is 7.07. The number of aryl methyl sites for hydroxylation is 2. The molecular weight excluding hydrogens is 284 g/mol. The van der Waals surface area contributed by atoms with E-state index in [0.717, 1.165) is 16.9 Å². The molecule has 0 spiro atoms. The summed E-state index contributed by atoms with van der Waals surface area (Å²) in [6, 6.07) is 11.6. The maximum Gasteiger partial charge on any atom is 0.257 e. The quantitative estimate of drug-likeness (QED) is 0.809. The van der Waals surface area contributed by atoms with Crippen LogP contribution >= 0.6 is 11.6 Å². The van der Waals surface area contributed by atoms with Crippen molar-refractivity contribution < 1.29 is 4.79 Å². The number of carbonyl (C=O) groups is 1. The number of carbonyl (C=O) groups excluding carboxylic acids is 1. The Hall–Kier alpha value is -2.26. The highest BCUT2D eigenvalue weighted by Gasteiger charge is 2.24. The van der Waals surface area contributed by atoms with Crippen molar-refractivity contribution >= 4 is 34.5 Å². The molecule has 4 heteroatoms. The van der Waals surface area contributed by atoms with Crippen molar-refractivity contribution in [3.05, 3.63) is 64.3 Å². The highest BCUT2D eigenvalue weighted by Crippen LogP contribution is 2.33. The van der Waals surface area contributed by atoms with Crippen LogP contribution in [-0.4, -0.2) is 5.91 Å². The minimum absolute atomic E-state index is 0.121. The molecule has 0 atom stereocenters. The summed E-state index contributed by atoms with van der Waals surface area (Å²) in [7, 11) is 0. The second kappa shape index (κ2) is 5.26. The fourth-order valence-corrected chi connectivity index (χ4v) is 2.69. The third kappa shape index (κ3) is 2.78. The van der Waals surface area contributed by atoms with Gasteiger partial charge in [-0.1, -0.05) is 17.7 Å².